The molecule has 0 spiro atoms. The summed E-state index contributed by atoms with van der Waals surface area (Å²) < 4.78 is 146. The Balaban J connectivity index is 0.000000166. The predicted octanol–water partition coefficient (Wildman–Crippen LogP) is -4.87. The van der Waals surface area contributed by atoms with E-state index in [4.69, 9.17) is 61.7 Å². The third kappa shape index (κ3) is 17.9. The molecular formula is C71H95F8N21O22. The first kappa shape index (κ1) is 95.7. The highest BCUT2D eigenvalue weighted by Gasteiger charge is 2.63. The number of nitrogens with two attached hydrogens (primary N) is 4. The molecule has 23 atom stereocenters. The van der Waals surface area contributed by atoms with Gasteiger partial charge in [-0.3, -0.25) is 18.7 Å². The summed E-state index contributed by atoms with van der Waals surface area (Å²) in [4.78, 5) is 64.8. The molecule has 0 aromatic carbocycles. The standard InChI is InChI=1S/C13H20FN3O3.C12H17F2N3O3.C12H12FN5O4.C12H15FN4O5.C11H15F2N3O3.C11H16FN3O4/c1-3-5-13(7-18)11(19)10(14)12(20-13)17-6-4-9(15)16-8(17)2;1-6(13)12(5-18)10(19)9(14)11(20-12)17-4-3-8(15)16-7(17)2;1-5-16-9-7(10(21)17-5)15-4-18(9)11-6(13)8(20)12(2-14,3-19)22-11;1-5-15-9-7(10(21)16-5)14-4-17(9)11-6(13)8(20)12(2-18,3-19)22-11;1-6-15-7(14)2-3-16(6)10-8(13)9(18)11(4-12,5-17)19-10;1-6-14-7(13)2-3-15(6)10-8(12)9(18)11(4-16,5-17)19-10/h4,6,10-12,18-19H,2-3,5,7H2,1H3,(H2,15,16);3-4,6,9-11,18-19H,2,5H2,1H3,(H2,15,16);4,6,8,11,19-20H,3H2,1H3,(H,16,17,21);4,6,8,11,18-20H,2-3H2,1H3,(H,15,16,21);2-3,8-10,17-18H,1,4-5H2,(H2,14,15);2-3,8-10,16-18H,1,4-5H2,(H2,13,14)/t10-,11+,12-,13-;6?,9-,10+,11-,12+;6-,8+,11-,12-;6-,8+,11-;8-,9+,10-,11-;8-,9+,10-/m111111/s1. The van der Waals surface area contributed by atoms with Gasteiger partial charge in [0.05, 0.1) is 65.5 Å². The summed E-state index contributed by atoms with van der Waals surface area (Å²) in [6.07, 6.45) is -16.3. The van der Waals surface area contributed by atoms with Gasteiger partial charge in [-0.2, -0.15) is 5.26 Å². The molecule has 14 rings (SSSR count). The van der Waals surface area contributed by atoms with Crippen LogP contribution in [-0.2, 0) is 28.4 Å². The van der Waals surface area contributed by atoms with Crippen molar-refractivity contribution in [3.05, 3.63) is 144 Å². The van der Waals surface area contributed by atoms with Gasteiger partial charge < -0.3 is 152 Å². The van der Waals surface area contributed by atoms with Crippen molar-refractivity contribution >= 4 is 45.7 Å². The number of aliphatic imine (C=N–C) groups is 4. The number of fused-ring (bicyclic) bond motifs is 2. The second kappa shape index (κ2) is 38.3. The van der Waals surface area contributed by atoms with Gasteiger partial charge in [0.15, 0.2) is 108 Å². The van der Waals surface area contributed by atoms with Gasteiger partial charge >= 0.3 is 0 Å². The van der Waals surface area contributed by atoms with Crippen molar-refractivity contribution in [2.24, 2.45) is 42.9 Å². The highest BCUT2D eigenvalue weighted by atomic mass is 19.2. The van der Waals surface area contributed by atoms with Crippen molar-refractivity contribution in [1.29, 1.82) is 5.26 Å². The maximum absolute atomic E-state index is 14.4. The molecule has 1 unspecified atom stereocenters. The summed E-state index contributed by atoms with van der Waals surface area (Å²) >= 11 is 0. The van der Waals surface area contributed by atoms with E-state index in [9.17, 15) is 111 Å². The third-order valence-corrected chi connectivity index (χ3v) is 21.1. The van der Waals surface area contributed by atoms with Crippen molar-refractivity contribution < 1.29 is 135 Å². The van der Waals surface area contributed by atoms with Gasteiger partial charge in [0.1, 0.15) is 131 Å². The Kier molecular flexibility index (Phi) is 30.0. The van der Waals surface area contributed by atoms with E-state index < -0.39 is 221 Å². The molecule has 10 aliphatic rings. The fourth-order valence-corrected chi connectivity index (χ4v) is 14.0. The Morgan fingerprint density at radius 2 is 0.779 bits per heavy atom. The Morgan fingerprint density at radius 1 is 0.475 bits per heavy atom. The van der Waals surface area contributed by atoms with Crippen molar-refractivity contribution in [1.82, 2.24) is 58.6 Å². The lowest BCUT2D eigenvalue weighted by molar-refractivity contribution is -0.164. The first-order chi connectivity index (χ1) is 57.5. The molecule has 14 heterocycles. The molecule has 672 valence electrons. The highest BCUT2D eigenvalue weighted by molar-refractivity contribution is 5.94. The quantitative estimate of drug-likeness (QED) is 0.0415. The number of aromatic nitrogens is 8. The van der Waals surface area contributed by atoms with E-state index >= 15 is 0 Å². The lowest BCUT2D eigenvalue weighted by Crippen LogP contribution is -2.52. The van der Waals surface area contributed by atoms with Crippen molar-refractivity contribution in [3.8, 4) is 6.07 Å². The average Bonchev–Trinajstić information content (AvgIpc) is 2.01. The molecule has 0 radical (unpaired) electrons. The van der Waals surface area contributed by atoms with Gasteiger partial charge in [0.25, 0.3) is 11.1 Å². The number of aliphatic hydroxyl groups is 14. The second-order valence-electron chi connectivity index (χ2n) is 29.0. The van der Waals surface area contributed by atoms with E-state index in [-0.39, 0.29) is 69.0 Å². The number of halogens is 8. The Bertz CT molecular complexity index is 4810. The number of imidazole rings is 2. The molecule has 0 bridgehead atoms. The summed E-state index contributed by atoms with van der Waals surface area (Å²) in [7, 11) is 0. The minimum absolute atomic E-state index is 0.00128. The molecular weight excluding hydrogens is 1650 g/mol. The molecule has 6 fully saturated rings. The number of hydrogen-bond acceptors (Lipinski definition) is 39. The molecule has 43 nitrogen and oxygen atoms in total. The van der Waals surface area contributed by atoms with Crippen LogP contribution in [0, 0.1) is 25.2 Å². The molecule has 0 saturated carbocycles. The summed E-state index contributed by atoms with van der Waals surface area (Å²) in [5, 5.41) is 143. The highest BCUT2D eigenvalue weighted by Crippen LogP contribution is 2.45. The number of amidine groups is 4. The van der Waals surface area contributed by atoms with Crippen LogP contribution in [0.1, 0.15) is 50.8 Å². The maximum Gasteiger partial charge on any atom is 0.279 e. The molecule has 0 amide bonds. The van der Waals surface area contributed by atoms with Crippen molar-refractivity contribution in [2.45, 2.75) is 191 Å². The Hall–Kier alpha value is -10.2. The number of alkyl halides is 8. The molecule has 10 aliphatic heterocycles. The molecule has 6 saturated heterocycles. The number of nitriles is 1. The van der Waals surface area contributed by atoms with Crippen LogP contribution < -0.4 is 34.1 Å². The van der Waals surface area contributed by atoms with Crippen LogP contribution in [0.3, 0.4) is 0 Å². The molecule has 51 heteroatoms. The van der Waals surface area contributed by atoms with Gasteiger partial charge in [0, 0.05) is 24.8 Å². The number of aromatic amines is 2. The number of nitrogens with zero attached hydrogens (tertiary/aromatic N) is 15. The largest absolute Gasteiger partial charge is 0.393 e. The van der Waals surface area contributed by atoms with Crippen LogP contribution in [-0.4, -0.2) is 351 Å². The molecule has 4 aromatic rings. The maximum atomic E-state index is 14.4. The van der Waals surface area contributed by atoms with Gasteiger partial charge in [-0.05, 0) is 51.5 Å². The van der Waals surface area contributed by atoms with Crippen LogP contribution in [0.2, 0.25) is 0 Å². The van der Waals surface area contributed by atoms with Crippen molar-refractivity contribution in [2.75, 3.05) is 59.5 Å². The van der Waals surface area contributed by atoms with E-state index in [1.54, 1.807) is 19.9 Å². The number of hydrogen-bond donors (Lipinski definition) is 20. The lowest BCUT2D eigenvalue weighted by atomic mass is 9.92. The zero-order valence-electron chi connectivity index (χ0n) is 65.4. The molecule has 24 N–H and O–H groups in total. The number of ether oxygens (including phenoxy) is 6. The van der Waals surface area contributed by atoms with Gasteiger partial charge in [-0.15, -0.1) is 0 Å². The fourth-order valence-electron chi connectivity index (χ4n) is 14.0. The van der Waals surface area contributed by atoms with Crippen LogP contribution in [0.25, 0.3) is 22.3 Å². The summed E-state index contributed by atoms with van der Waals surface area (Å²) in [6.45, 7) is 13.3. The zero-order valence-corrected chi connectivity index (χ0v) is 65.4. The zero-order chi connectivity index (χ0) is 90.5. The van der Waals surface area contributed by atoms with Crippen LogP contribution in [0.4, 0.5) is 35.1 Å². The number of aliphatic hydroxyl groups excluding tert-OH is 14. The summed E-state index contributed by atoms with van der Waals surface area (Å²) in [5.41, 5.74) is 10.2. The van der Waals surface area contributed by atoms with Crippen LogP contribution in [0.5, 0.6) is 0 Å². The monoisotopic (exact) mass is 1750 g/mol. The van der Waals surface area contributed by atoms with E-state index in [0.29, 0.717) is 24.5 Å². The normalized spacial score (nSPS) is 34.5. The second-order valence-corrected chi connectivity index (χ2v) is 29.0. The smallest absolute Gasteiger partial charge is 0.279 e. The molecule has 0 aliphatic carbocycles. The third-order valence-electron chi connectivity index (χ3n) is 21.1. The number of nitrogens with one attached hydrogen (secondary N) is 2. The van der Waals surface area contributed by atoms with E-state index in [1.165, 1.54) is 79.6 Å². The lowest BCUT2D eigenvalue weighted by Gasteiger charge is -2.33. The minimum atomic E-state index is -2.07. The van der Waals surface area contributed by atoms with E-state index in [1.807, 2.05) is 6.92 Å². The van der Waals surface area contributed by atoms with E-state index in [0.717, 1.165) is 17.8 Å². The first-order valence-electron chi connectivity index (χ1n) is 36.9. The Morgan fingerprint density at radius 3 is 1.07 bits per heavy atom. The summed E-state index contributed by atoms with van der Waals surface area (Å²) in [6, 6.07) is 1.59. The molecule has 122 heavy (non-hydrogen) atoms. The number of H-pyrrole nitrogens is 2. The predicted molar refractivity (Wildman–Crippen MR) is 408 cm³/mol. The fraction of sp³-hybridized carbons (Fsp3) is 0.563. The number of aryl methyl sites for hydroxylation is 2. The van der Waals surface area contributed by atoms with Crippen LogP contribution >= 0.6 is 0 Å². The van der Waals surface area contributed by atoms with E-state index in [2.05, 4.69) is 76.2 Å². The SMILES string of the molecule is C=C1N=C(N)C=CN1[C@@H]1OC(CO)(CO)[C@@H](O)[C@H]1F.C=C1N=C(N)C=CN1[C@@H]1O[C@@](CO)(C(C)F)[C@@H](O)[C@H]1F.C=C1N=C(N)C=CN1[C@@H]1O[C@@](CO)(CCC)[C@@H](O)[C@H]1F.C=C1N=C(N)C=CN1[C@@H]1O[C@@](CO)(CF)[C@@H](O)[C@H]1F.Cc1nc2c(ncn2[C@@H]2OC(CO)(CO)[C@@H](O)[C@H]2F)c(=O)[nH]1.Cc1nc2c(ncn2[C@@H]2O[C@](C#N)(CO)[C@@H](O)[C@H]2F)c(=O)[nH]1. The van der Waals surface area contributed by atoms with Gasteiger partial charge in [0.2, 0.25) is 5.60 Å². The minimum Gasteiger partial charge on any atom is -0.393 e. The van der Waals surface area contributed by atoms with Crippen LogP contribution in [0.15, 0.2) is 141 Å². The average molecular weight is 1750 g/mol. The first-order valence-corrected chi connectivity index (χ1v) is 36.9. The van der Waals surface area contributed by atoms with Gasteiger partial charge in [-0.1, -0.05) is 39.7 Å². The number of rotatable bonds is 18. The molecule has 4 aromatic heterocycles. The van der Waals surface area contributed by atoms with Crippen molar-refractivity contribution in [3.63, 3.8) is 0 Å². The van der Waals surface area contributed by atoms with Gasteiger partial charge in [-0.25, -0.2) is 75.0 Å². The topological polar surface area (TPSA) is 656 Å². The summed E-state index contributed by atoms with van der Waals surface area (Å²) in [5.74, 6) is 2.04. The Labute approximate surface area is 686 Å².